The number of benzene rings is 1. The Balaban J connectivity index is 1.15. The number of thiophene rings is 1. The van der Waals surface area contributed by atoms with E-state index in [0.717, 1.165) is 27.3 Å². The van der Waals surface area contributed by atoms with E-state index in [9.17, 15) is 13.6 Å². The fourth-order valence-electron chi connectivity index (χ4n) is 4.30. The van der Waals surface area contributed by atoms with Crippen LogP contribution in [0, 0.1) is 0 Å². The second kappa shape index (κ2) is 8.42. The van der Waals surface area contributed by atoms with Gasteiger partial charge in [0.2, 0.25) is 0 Å². The monoisotopic (exact) mass is 493 g/mol. The average Bonchev–Trinajstić information content (AvgIpc) is 3.52. The Morgan fingerprint density at radius 2 is 1.94 bits per heavy atom. The number of carbonyl (C=O) groups excluding carboxylic acids is 1. The molecular formula is C24H21F2N7OS. The number of H-pyrrole nitrogens is 1. The Morgan fingerprint density at radius 3 is 2.69 bits per heavy atom. The minimum absolute atomic E-state index is 0.324. The first-order valence-electron chi connectivity index (χ1n) is 11.2. The van der Waals surface area contributed by atoms with Gasteiger partial charge in [0.1, 0.15) is 5.82 Å². The number of hydrogen-bond acceptors (Lipinski definition) is 6. The molecule has 5 heterocycles. The van der Waals surface area contributed by atoms with Crippen molar-refractivity contribution in [2.75, 3.05) is 25.0 Å². The van der Waals surface area contributed by atoms with E-state index in [2.05, 4.69) is 25.5 Å². The van der Waals surface area contributed by atoms with Crippen LogP contribution in [0.25, 0.3) is 21.8 Å². The molecule has 178 valence electrons. The third kappa shape index (κ3) is 4.34. The highest BCUT2D eigenvalue weighted by Crippen LogP contribution is 2.35. The van der Waals surface area contributed by atoms with E-state index in [1.807, 2.05) is 42.6 Å². The van der Waals surface area contributed by atoms with Crippen molar-refractivity contribution < 1.29 is 13.6 Å². The number of carbonyl (C=O) groups is 1. The zero-order valence-electron chi connectivity index (χ0n) is 18.5. The summed E-state index contributed by atoms with van der Waals surface area (Å²) in [4.78, 5) is 26.6. The maximum absolute atomic E-state index is 13.2. The highest BCUT2D eigenvalue weighted by molar-refractivity contribution is 7.15. The van der Waals surface area contributed by atoms with Gasteiger partial charge in [0.25, 0.3) is 5.92 Å². The molecule has 0 atom stereocenters. The molecule has 8 nitrogen and oxygen atoms in total. The number of rotatable bonds is 4. The first-order valence-corrected chi connectivity index (χ1v) is 12.0. The van der Waals surface area contributed by atoms with Gasteiger partial charge >= 0.3 is 6.03 Å². The summed E-state index contributed by atoms with van der Waals surface area (Å²) in [5, 5.41) is 10.1. The molecule has 0 unspecified atom stereocenters. The first kappa shape index (κ1) is 21.7. The van der Waals surface area contributed by atoms with Crippen LogP contribution in [-0.2, 0) is 13.0 Å². The van der Waals surface area contributed by atoms with E-state index in [0.29, 0.717) is 31.2 Å². The van der Waals surface area contributed by atoms with Gasteiger partial charge in [0.05, 0.1) is 24.2 Å². The van der Waals surface area contributed by atoms with Gasteiger partial charge in [-0.15, -0.1) is 11.3 Å². The zero-order chi connectivity index (χ0) is 24.0. The molecule has 1 fully saturated rings. The van der Waals surface area contributed by atoms with E-state index in [4.69, 9.17) is 0 Å². The Hall–Kier alpha value is -3.86. The van der Waals surface area contributed by atoms with Crippen LogP contribution in [0.4, 0.5) is 25.1 Å². The smallest absolute Gasteiger partial charge is 0.320 e. The Morgan fingerprint density at radius 1 is 1.11 bits per heavy atom. The third-order valence-corrected chi connectivity index (χ3v) is 7.35. The van der Waals surface area contributed by atoms with Gasteiger partial charge in [0.15, 0.2) is 5.82 Å². The van der Waals surface area contributed by atoms with Crippen LogP contribution >= 0.6 is 11.3 Å². The molecule has 3 aromatic heterocycles. The number of anilines is 2. The van der Waals surface area contributed by atoms with E-state index in [1.54, 1.807) is 28.6 Å². The first-order chi connectivity index (χ1) is 16.9. The lowest BCUT2D eigenvalue weighted by Gasteiger charge is -2.42. The van der Waals surface area contributed by atoms with E-state index in [-0.39, 0.29) is 6.03 Å². The number of urea groups is 1. The Kier molecular flexibility index (Phi) is 5.21. The zero-order valence-corrected chi connectivity index (χ0v) is 19.4. The van der Waals surface area contributed by atoms with Crippen LogP contribution in [-0.4, -0.2) is 61.6 Å². The fourth-order valence-corrected chi connectivity index (χ4v) is 5.41. The maximum atomic E-state index is 13.2. The second-order valence-electron chi connectivity index (χ2n) is 8.68. The molecular weight excluding hydrogens is 472 g/mol. The number of halogens is 2. The summed E-state index contributed by atoms with van der Waals surface area (Å²) in [6.07, 6.45) is 6.02. The summed E-state index contributed by atoms with van der Waals surface area (Å²) >= 11 is 1.61. The van der Waals surface area contributed by atoms with Gasteiger partial charge in [0, 0.05) is 41.6 Å². The molecule has 0 aliphatic carbocycles. The minimum atomic E-state index is -2.76. The van der Waals surface area contributed by atoms with Crippen molar-refractivity contribution in [3.63, 3.8) is 0 Å². The average molecular weight is 494 g/mol. The lowest BCUT2D eigenvalue weighted by Crippen LogP contribution is -2.61. The van der Waals surface area contributed by atoms with Crippen molar-refractivity contribution in [2.45, 2.75) is 18.9 Å². The van der Waals surface area contributed by atoms with Gasteiger partial charge in [-0.05, 0) is 41.8 Å². The normalized spacial score (nSPS) is 16.5. The number of aromatic nitrogens is 4. The predicted molar refractivity (Wildman–Crippen MR) is 129 cm³/mol. The Labute approximate surface area is 203 Å². The van der Waals surface area contributed by atoms with Gasteiger partial charge < -0.3 is 15.1 Å². The van der Waals surface area contributed by atoms with Crippen LogP contribution < -0.4 is 5.32 Å². The standard InChI is InChI=1S/C24H21F2N7OS/c25-24(26)13-33(14-24)23(34)32-8-6-19-16(12-32)9-20(35-19)22-27-7-5-21(31-22)30-18-3-1-15(2-4-18)17-10-28-29-11-17/h1-5,7,9-11H,6,8,12-14H2,(H,28,29)(H,27,30,31). The fraction of sp³-hybridized carbons (Fsp3) is 0.250. The van der Waals surface area contributed by atoms with Crippen molar-refractivity contribution in [2.24, 2.45) is 0 Å². The summed E-state index contributed by atoms with van der Waals surface area (Å²) in [5.41, 5.74) is 4.00. The molecule has 2 N–H and O–H groups in total. The van der Waals surface area contributed by atoms with Crippen LogP contribution in [0.3, 0.4) is 0 Å². The second-order valence-corrected chi connectivity index (χ2v) is 9.82. The quantitative estimate of drug-likeness (QED) is 0.428. The van der Waals surface area contributed by atoms with Gasteiger partial charge in [-0.25, -0.2) is 23.5 Å². The number of nitrogens with one attached hydrogen (secondary N) is 2. The molecule has 4 aromatic rings. The van der Waals surface area contributed by atoms with Crippen molar-refractivity contribution in [1.82, 2.24) is 30.0 Å². The number of aromatic amines is 1. The molecule has 0 bridgehead atoms. The van der Waals surface area contributed by atoms with E-state index < -0.39 is 19.0 Å². The Bertz CT molecular complexity index is 1360. The molecule has 35 heavy (non-hydrogen) atoms. The molecule has 6 rings (SSSR count). The van der Waals surface area contributed by atoms with Crippen molar-refractivity contribution >= 4 is 28.9 Å². The maximum Gasteiger partial charge on any atom is 0.320 e. The highest BCUT2D eigenvalue weighted by Gasteiger charge is 2.47. The highest BCUT2D eigenvalue weighted by atomic mass is 32.1. The van der Waals surface area contributed by atoms with Crippen molar-refractivity contribution in [1.29, 1.82) is 0 Å². The topological polar surface area (TPSA) is 90.0 Å². The number of fused-ring (bicyclic) bond motifs is 1. The summed E-state index contributed by atoms with van der Waals surface area (Å²) in [6.45, 7) is -0.0632. The van der Waals surface area contributed by atoms with Gasteiger partial charge in [-0.1, -0.05) is 12.1 Å². The summed E-state index contributed by atoms with van der Waals surface area (Å²) < 4.78 is 26.3. The third-order valence-electron chi connectivity index (χ3n) is 6.12. The number of hydrogen-bond donors (Lipinski definition) is 2. The summed E-state index contributed by atoms with van der Waals surface area (Å²) in [5.74, 6) is -1.48. The number of likely N-dealkylation sites (tertiary alicyclic amines) is 1. The summed E-state index contributed by atoms with van der Waals surface area (Å²) in [7, 11) is 0. The molecule has 2 aliphatic heterocycles. The number of nitrogens with zero attached hydrogens (tertiary/aromatic N) is 5. The molecule has 11 heteroatoms. The molecule has 2 amide bonds. The van der Waals surface area contributed by atoms with E-state index >= 15 is 0 Å². The SMILES string of the molecule is O=C(N1CCc2sc(-c3nccc(Nc4ccc(-c5cn[nH]c5)cc4)n3)cc2C1)N1CC(F)(F)C1. The van der Waals surface area contributed by atoms with Crippen LogP contribution in [0.1, 0.15) is 10.4 Å². The van der Waals surface area contributed by atoms with Crippen molar-refractivity contribution in [3.8, 4) is 21.8 Å². The van der Waals surface area contributed by atoms with E-state index in [1.165, 1.54) is 9.78 Å². The van der Waals surface area contributed by atoms with Crippen LogP contribution in [0.5, 0.6) is 0 Å². The predicted octanol–water partition coefficient (Wildman–Crippen LogP) is 4.77. The van der Waals surface area contributed by atoms with Crippen LogP contribution in [0.15, 0.2) is 55.0 Å². The molecule has 1 aromatic carbocycles. The molecule has 1 saturated heterocycles. The van der Waals surface area contributed by atoms with Gasteiger partial charge in [-0.3, -0.25) is 5.10 Å². The molecule has 0 spiro atoms. The molecule has 0 radical (unpaired) electrons. The van der Waals surface area contributed by atoms with Gasteiger partial charge in [-0.2, -0.15) is 5.10 Å². The molecule has 2 aliphatic rings. The minimum Gasteiger partial charge on any atom is -0.340 e. The number of amides is 2. The van der Waals surface area contributed by atoms with Crippen molar-refractivity contribution in [3.05, 3.63) is 65.4 Å². The van der Waals surface area contributed by atoms with Crippen LogP contribution in [0.2, 0.25) is 0 Å². The molecule has 0 saturated carbocycles. The largest absolute Gasteiger partial charge is 0.340 e. The lowest BCUT2D eigenvalue weighted by molar-refractivity contribution is -0.114. The summed E-state index contributed by atoms with van der Waals surface area (Å²) in [6, 6.07) is 11.5. The lowest BCUT2D eigenvalue weighted by atomic mass is 10.1. The number of alkyl halides is 2.